The first-order chi connectivity index (χ1) is 9.79. The molecule has 0 spiro atoms. The molecule has 1 amide bonds. The van der Waals surface area contributed by atoms with Crippen molar-refractivity contribution < 1.29 is 9.53 Å². The smallest absolute Gasteiger partial charge is 0.225 e. The summed E-state index contributed by atoms with van der Waals surface area (Å²) in [5.41, 5.74) is 1.09. The van der Waals surface area contributed by atoms with Crippen LogP contribution in [0.4, 0.5) is 5.69 Å². The topological polar surface area (TPSA) is 62.1 Å². The number of anilines is 1. The number of carbonyl (C=O) groups excluding carboxylic acids is 1. The summed E-state index contributed by atoms with van der Waals surface area (Å²) in [4.78, 5) is 11.9. The zero-order chi connectivity index (χ0) is 14.2. The lowest BCUT2D eigenvalue weighted by atomic mass is 10.2. The minimum Gasteiger partial charge on any atom is -0.381 e. The van der Waals surface area contributed by atoms with Gasteiger partial charge in [-0.2, -0.15) is 17.0 Å². The number of benzene rings is 1. The van der Waals surface area contributed by atoms with Crippen LogP contribution in [0.25, 0.3) is 0 Å². The molecule has 0 radical (unpaired) electrons. The number of para-hydroxylation sites is 1. The Kier molecular flexibility index (Phi) is 5.90. The molecule has 0 atom stereocenters. The van der Waals surface area contributed by atoms with Gasteiger partial charge in [0.25, 0.3) is 0 Å². The van der Waals surface area contributed by atoms with Gasteiger partial charge in [0.1, 0.15) is 6.07 Å². The molecule has 0 aliphatic carbocycles. The lowest BCUT2D eigenvalue weighted by Crippen LogP contribution is -2.19. The Morgan fingerprint density at radius 2 is 2.15 bits per heavy atom. The second-order valence-electron chi connectivity index (χ2n) is 4.64. The highest BCUT2D eigenvalue weighted by molar-refractivity contribution is 7.99. The Bertz CT molecular complexity index is 493. The van der Waals surface area contributed by atoms with Crippen molar-refractivity contribution in [2.75, 3.05) is 24.3 Å². The summed E-state index contributed by atoms with van der Waals surface area (Å²) in [6, 6.07) is 9.13. The standard InChI is InChI=1S/C15H18N2O2S/c16-11-12-3-1-2-4-14(12)17-15(18)7-10-20-13-5-8-19-9-6-13/h1-4,13H,5-10H2,(H,17,18). The van der Waals surface area contributed by atoms with Crippen LogP contribution in [0.5, 0.6) is 0 Å². The van der Waals surface area contributed by atoms with Crippen molar-refractivity contribution in [2.24, 2.45) is 0 Å². The summed E-state index contributed by atoms with van der Waals surface area (Å²) in [7, 11) is 0. The fourth-order valence-corrected chi connectivity index (χ4v) is 3.23. The molecule has 1 fully saturated rings. The summed E-state index contributed by atoms with van der Waals surface area (Å²) < 4.78 is 5.31. The molecule has 106 valence electrons. The molecule has 1 aliphatic heterocycles. The molecule has 4 nitrogen and oxygen atoms in total. The average molecular weight is 290 g/mol. The third-order valence-corrected chi connectivity index (χ3v) is 4.56. The molecule has 20 heavy (non-hydrogen) atoms. The van der Waals surface area contributed by atoms with Crippen LogP contribution in [0.15, 0.2) is 24.3 Å². The molecule has 1 aromatic rings. The highest BCUT2D eigenvalue weighted by atomic mass is 32.2. The summed E-state index contributed by atoms with van der Waals surface area (Å²) in [6.45, 7) is 1.67. The zero-order valence-electron chi connectivity index (χ0n) is 11.3. The van der Waals surface area contributed by atoms with E-state index in [0.29, 0.717) is 22.9 Å². The summed E-state index contributed by atoms with van der Waals surface area (Å²) in [6.07, 6.45) is 2.62. The number of nitrogens with zero attached hydrogens (tertiary/aromatic N) is 1. The van der Waals surface area contributed by atoms with Gasteiger partial charge in [0, 0.05) is 30.6 Å². The van der Waals surface area contributed by atoms with Crippen LogP contribution in [0.2, 0.25) is 0 Å². The number of ether oxygens (including phenoxy) is 1. The first-order valence-corrected chi connectivity index (χ1v) is 7.83. The maximum Gasteiger partial charge on any atom is 0.225 e. The average Bonchev–Trinajstić information content (AvgIpc) is 2.49. The van der Waals surface area contributed by atoms with Crippen molar-refractivity contribution in [3.8, 4) is 6.07 Å². The van der Waals surface area contributed by atoms with Gasteiger partial charge in [0.2, 0.25) is 5.91 Å². The lowest BCUT2D eigenvalue weighted by Gasteiger charge is -2.21. The van der Waals surface area contributed by atoms with E-state index < -0.39 is 0 Å². The van der Waals surface area contributed by atoms with Gasteiger partial charge in [0.05, 0.1) is 11.3 Å². The fraction of sp³-hybridized carbons (Fsp3) is 0.467. The van der Waals surface area contributed by atoms with Crippen molar-refractivity contribution in [3.63, 3.8) is 0 Å². The van der Waals surface area contributed by atoms with Gasteiger partial charge in [-0.05, 0) is 25.0 Å². The van der Waals surface area contributed by atoms with Crippen LogP contribution in [0, 0.1) is 11.3 Å². The van der Waals surface area contributed by atoms with E-state index in [0.717, 1.165) is 31.8 Å². The van der Waals surface area contributed by atoms with Crippen molar-refractivity contribution in [1.29, 1.82) is 5.26 Å². The van der Waals surface area contributed by atoms with Gasteiger partial charge < -0.3 is 10.1 Å². The molecule has 0 aromatic heterocycles. The largest absolute Gasteiger partial charge is 0.381 e. The normalized spacial score (nSPS) is 15.6. The van der Waals surface area contributed by atoms with Gasteiger partial charge in [-0.1, -0.05) is 12.1 Å². The molecule has 1 aromatic carbocycles. The third kappa shape index (κ3) is 4.55. The Labute approximate surface area is 123 Å². The van der Waals surface area contributed by atoms with Gasteiger partial charge in [-0.25, -0.2) is 0 Å². The van der Waals surface area contributed by atoms with Crippen LogP contribution in [-0.2, 0) is 9.53 Å². The third-order valence-electron chi connectivity index (χ3n) is 3.17. The molecule has 2 rings (SSSR count). The number of amides is 1. The van der Waals surface area contributed by atoms with E-state index >= 15 is 0 Å². The van der Waals surface area contributed by atoms with Crippen molar-refractivity contribution in [2.45, 2.75) is 24.5 Å². The van der Waals surface area contributed by atoms with E-state index in [1.807, 2.05) is 17.8 Å². The van der Waals surface area contributed by atoms with E-state index in [2.05, 4.69) is 11.4 Å². The predicted octanol–water partition coefficient (Wildman–Crippen LogP) is 2.80. The van der Waals surface area contributed by atoms with Crippen LogP contribution >= 0.6 is 11.8 Å². The van der Waals surface area contributed by atoms with Gasteiger partial charge in [0.15, 0.2) is 0 Å². The second kappa shape index (κ2) is 7.93. The number of hydrogen-bond donors (Lipinski definition) is 1. The van der Waals surface area contributed by atoms with Crippen LogP contribution in [-0.4, -0.2) is 30.1 Å². The molecule has 5 heteroatoms. The van der Waals surface area contributed by atoms with E-state index in [1.54, 1.807) is 18.2 Å². The molecule has 1 aliphatic rings. The summed E-state index contributed by atoms with van der Waals surface area (Å²) in [5.74, 6) is 0.776. The molecule has 0 unspecified atom stereocenters. The Morgan fingerprint density at radius 3 is 2.90 bits per heavy atom. The fourth-order valence-electron chi connectivity index (χ4n) is 2.06. The maximum atomic E-state index is 11.9. The van der Waals surface area contributed by atoms with Crippen LogP contribution in [0.1, 0.15) is 24.8 Å². The molecular formula is C15H18N2O2S. The van der Waals surface area contributed by atoms with E-state index in [-0.39, 0.29) is 5.91 Å². The first kappa shape index (κ1) is 14.9. The molecule has 1 saturated heterocycles. The maximum absolute atomic E-state index is 11.9. The minimum atomic E-state index is -0.0349. The van der Waals surface area contributed by atoms with E-state index in [4.69, 9.17) is 10.00 Å². The Morgan fingerprint density at radius 1 is 1.40 bits per heavy atom. The Balaban J connectivity index is 1.73. The zero-order valence-corrected chi connectivity index (χ0v) is 12.1. The Hall–Kier alpha value is -1.51. The summed E-state index contributed by atoms with van der Waals surface area (Å²) in [5, 5.41) is 12.4. The van der Waals surface area contributed by atoms with E-state index in [1.165, 1.54) is 0 Å². The van der Waals surface area contributed by atoms with E-state index in [9.17, 15) is 4.79 Å². The van der Waals surface area contributed by atoms with Crippen molar-refractivity contribution in [1.82, 2.24) is 0 Å². The number of hydrogen-bond acceptors (Lipinski definition) is 4. The molecule has 1 N–H and O–H groups in total. The van der Waals surface area contributed by atoms with Crippen LogP contribution < -0.4 is 5.32 Å². The summed E-state index contributed by atoms with van der Waals surface area (Å²) >= 11 is 1.84. The van der Waals surface area contributed by atoms with Crippen molar-refractivity contribution >= 4 is 23.4 Å². The number of nitrogens with one attached hydrogen (secondary N) is 1. The number of thioether (sulfide) groups is 1. The molecular weight excluding hydrogens is 272 g/mol. The molecule has 1 heterocycles. The first-order valence-electron chi connectivity index (χ1n) is 6.78. The predicted molar refractivity (Wildman–Crippen MR) is 80.7 cm³/mol. The molecule has 0 saturated carbocycles. The molecule has 0 bridgehead atoms. The monoisotopic (exact) mass is 290 g/mol. The number of carbonyl (C=O) groups is 1. The second-order valence-corrected chi connectivity index (χ2v) is 6.05. The van der Waals surface area contributed by atoms with Crippen LogP contribution in [0.3, 0.4) is 0 Å². The number of rotatable bonds is 5. The quantitative estimate of drug-likeness (QED) is 0.905. The van der Waals surface area contributed by atoms with Crippen molar-refractivity contribution in [3.05, 3.63) is 29.8 Å². The highest BCUT2D eigenvalue weighted by Crippen LogP contribution is 2.22. The SMILES string of the molecule is N#Cc1ccccc1NC(=O)CCSC1CCOCC1. The van der Waals surface area contributed by atoms with Gasteiger partial charge in [-0.15, -0.1) is 0 Å². The highest BCUT2D eigenvalue weighted by Gasteiger charge is 2.14. The minimum absolute atomic E-state index is 0.0349. The van der Waals surface area contributed by atoms with Gasteiger partial charge in [-0.3, -0.25) is 4.79 Å². The van der Waals surface area contributed by atoms with Gasteiger partial charge >= 0.3 is 0 Å². The number of nitriles is 1. The lowest BCUT2D eigenvalue weighted by molar-refractivity contribution is -0.115.